The van der Waals surface area contributed by atoms with Crippen molar-refractivity contribution in [3.05, 3.63) is 65.3 Å². The number of hydrogen-bond acceptors (Lipinski definition) is 5. The van der Waals surface area contributed by atoms with Gasteiger partial charge in [-0.15, -0.1) is 0 Å². The summed E-state index contributed by atoms with van der Waals surface area (Å²) in [6, 6.07) is 15.1. The van der Waals surface area contributed by atoms with Gasteiger partial charge in [-0.25, -0.2) is 0 Å². The first-order chi connectivity index (χ1) is 15.4. The molecule has 0 bridgehead atoms. The van der Waals surface area contributed by atoms with Crippen LogP contribution in [0.1, 0.15) is 37.0 Å². The van der Waals surface area contributed by atoms with Crippen molar-refractivity contribution >= 4 is 34.6 Å². The molecule has 1 unspecified atom stereocenters. The van der Waals surface area contributed by atoms with Gasteiger partial charge < -0.3 is 20.9 Å². The fraction of sp³-hybridized carbons (Fsp3) is 0.360. The Balaban J connectivity index is 1.62. The second kappa shape index (κ2) is 11.0. The van der Waals surface area contributed by atoms with Gasteiger partial charge in [-0.3, -0.25) is 4.79 Å². The molecule has 168 valence electrons. The summed E-state index contributed by atoms with van der Waals surface area (Å²) in [6.07, 6.45) is 1.83. The molecule has 2 atom stereocenters. The van der Waals surface area contributed by atoms with Crippen molar-refractivity contribution in [3.63, 3.8) is 0 Å². The van der Waals surface area contributed by atoms with Crippen LogP contribution in [-0.4, -0.2) is 31.6 Å². The van der Waals surface area contributed by atoms with Crippen LogP contribution < -0.4 is 20.9 Å². The monoisotopic (exact) mass is 451 g/mol. The Kier molecular flexibility index (Phi) is 8.15. The van der Waals surface area contributed by atoms with Gasteiger partial charge in [-0.05, 0) is 42.7 Å². The minimum atomic E-state index is -0.245. The number of anilines is 3. The van der Waals surface area contributed by atoms with E-state index in [4.69, 9.17) is 11.6 Å². The highest BCUT2D eigenvalue weighted by Gasteiger charge is 2.26. The summed E-state index contributed by atoms with van der Waals surface area (Å²) in [5.74, 6) is 0.379. The fourth-order valence-corrected chi connectivity index (χ4v) is 3.85. The Bertz CT molecular complexity index is 1020. The minimum Gasteiger partial charge on any atom is -0.373 e. The van der Waals surface area contributed by atoms with Crippen molar-refractivity contribution in [2.75, 3.05) is 29.9 Å². The van der Waals surface area contributed by atoms with Crippen molar-refractivity contribution in [2.24, 2.45) is 5.92 Å². The summed E-state index contributed by atoms with van der Waals surface area (Å²) in [5, 5.41) is 19.8. The lowest BCUT2D eigenvalue weighted by atomic mass is 10.00. The molecule has 6 nitrogen and oxygen atoms in total. The Hall–Kier alpha value is -3.01. The van der Waals surface area contributed by atoms with Crippen LogP contribution >= 0.6 is 11.6 Å². The average molecular weight is 452 g/mol. The van der Waals surface area contributed by atoms with Crippen LogP contribution in [0.15, 0.2) is 54.7 Å². The van der Waals surface area contributed by atoms with Gasteiger partial charge in [0.15, 0.2) is 0 Å². The standard InChI is InChI=1S/C25H30ClN5O/c1-4-17(2)13-20(15-27)29-18(3)16-28-11-12-31-24-8-6-5-7-23(24)30-22-10-9-19(26)14-21(22)25(31)32/h5-10,14,17,20,28-30H,3-4,11-13,16H2,1-2H3/t17-,20?/m0/s1. The van der Waals surface area contributed by atoms with E-state index in [9.17, 15) is 10.1 Å². The molecule has 0 saturated heterocycles. The molecule has 0 fully saturated rings. The van der Waals surface area contributed by atoms with Crippen LogP contribution in [0.4, 0.5) is 17.1 Å². The number of benzene rings is 2. The molecule has 7 heteroatoms. The quantitative estimate of drug-likeness (QED) is 0.439. The average Bonchev–Trinajstić information content (AvgIpc) is 2.90. The lowest BCUT2D eigenvalue weighted by Gasteiger charge is -2.23. The number of hydrogen-bond donors (Lipinski definition) is 3. The SMILES string of the molecule is C=C(CNCCN1C(=O)c2cc(Cl)ccc2Nc2ccccc21)NC(C#N)C[C@@H](C)CC. The molecule has 1 aliphatic heterocycles. The predicted octanol–water partition coefficient (Wildman–Crippen LogP) is 5.07. The molecule has 0 spiro atoms. The molecule has 0 aliphatic carbocycles. The number of para-hydroxylation sites is 2. The molecular weight excluding hydrogens is 422 g/mol. The molecule has 2 aromatic carbocycles. The predicted molar refractivity (Wildman–Crippen MR) is 131 cm³/mol. The zero-order chi connectivity index (χ0) is 23.1. The molecule has 1 heterocycles. The summed E-state index contributed by atoms with van der Waals surface area (Å²) in [4.78, 5) is 15.1. The molecule has 3 N–H and O–H groups in total. The van der Waals surface area contributed by atoms with E-state index in [-0.39, 0.29) is 11.9 Å². The number of nitrogens with one attached hydrogen (secondary N) is 3. The Morgan fingerprint density at radius 3 is 2.81 bits per heavy atom. The first kappa shape index (κ1) is 23.6. The van der Waals surface area contributed by atoms with Crippen LogP contribution in [0.5, 0.6) is 0 Å². The molecule has 1 aliphatic rings. The smallest absolute Gasteiger partial charge is 0.260 e. The van der Waals surface area contributed by atoms with E-state index in [0.717, 1.165) is 35.6 Å². The molecule has 32 heavy (non-hydrogen) atoms. The molecule has 3 rings (SSSR count). The van der Waals surface area contributed by atoms with Gasteiger partial charge in [0.05, 0.1) is 28.7 Å². The van der Waals surface area contributed by atoms with Crippen LogP contribution in [0.25, 0.3) is 0 Å². The summed E-state index contributed by atoms with van der Waals surface area (Å²) in [5.41, 5.74) is 3.74. The van der Waals surface area contributed by atoms with Gasteiger partial charge in [0.25, 0.3) is 5.91 Å². The Labute approximate surface area is 195 Å². The first-order valence-electron chi connectivity index (χ1n) is 10.9. The molecular formula is C25H30ClN5O. The molecule has 0 saturated carbocycles. The summed E-state index contributed by atoms with van der Waals surface area (Å²) in [6.45, 7) is 9.87. The molecule has 0 radical (unpaired) electrons. The number of nitriles is 1. The zero-order valence-electron chi connectivity index (χ0n) is 18.6. The number of rotatable bonds is 10. The van der Waals surface area contributed by atoms with Gasteiger partial charge in [-0.1, -0.05) is 50.6 Å². The maximum absolute atomic E-state index is 13.3. The van der Waals surface area contributed by atoms with Crippen molar-refractivity contribution in [1.29, 1.82) is 5.26 Å². The number of amides is 1. The highest BCUT2D eigenvalue weighted by Crippen LogP contribution is 2.36. The molecule has 0 aromatic heterocycles. The van der Waals surface area contributed by atoms with Gasteiger partial charge in [0.1, 0.15) is 6.04 Å². The van der Waals surface area contributed by atoms with E-state index >= 15 is 0 Å². The number of carbonyl (C=O) groups is 1. The topological polar surface area (TPSA) is 80.2 Å². The first-order valence-corrected chi connectivity index (χ1v) is 11.3. The number of halogens is 1. The summed E-state index contributed by atoms with van der Waals surface area (Å²) in [7, 11) is 0. The van der Waals surface area contributed by atoms with E-state index in [2.05, 4.69) is 42.4 Å². The van der Waals surface area contributed by atoms with E-state index in [0.29, 0.717) is 36.1 Å². The summed E-state index contributed by atoms with van der Waals surface area (Å²) >= 11 is 6.16. The number of carbonyl (C=O) groups excluding carboxylic acids is 1. The Morgan fingerprint density at radius 1 is 1.28 bits per heavy atom. The fourth-order valence-electron chi connectivity index (χ4n) is 3.68. The number of nitrogens with zero attached hydrogens (tertiary/aromatic N) is 2. The van der Waals surface area contributed by atoms with Gasteiger partial charge in [-0.2, -0.15) is 5.26 Å². The third kappa shape index (κ3) is 5.82. The van der Waals surface area contributed by atoms with Crippen LogP contribution in [0.3, 0.4) is 0 Å². The van der Waals surface area contributed by atoms with Crippen LogP contribution in [-0.2, 0) is 0 Å². The maximum Gasteiger partial charge on any atom is 0.260 e. The zero-order valence-corrected chi connectivity index (χ0v) is 19.4. The molecule has 2 aromatic rings. The second-order valence-corrected chi connectivity index (χ2v) is 8.58. The molecule has 1 amide bonds. The maximum atomic E-state index is 13.3. The van der Waals surface area contributed by atoms with Gasteiger partial charge in [0, 0.05) is 30.4 Å². The Morgan fingerprint density at radius 2 is 2.06 bits per heavy atom. The summed E-state index contributed by atoms with van der Waals surface area (Å²) < 4.78 is 0. The lowest BCUT2D eigenvalue weighted by molar-refractivity contribution is 0.0988. The van der Waals surface area contributed by atoms with Crippen molar-refractivity contribution in [1.82, 2.24) is 10.6 Å². The van der Waals surface area contributed by atoms with Gasteiger partial charge in [0.2, 0.25) is 0 Å². The van der Waals surface area contributed by atoms with Crippen molar-refractivity contribution in [2.45, 2.75) is 32.7 Å². The number of fused-ring (bicyclic) bond motifs is 2. The van der Waals surface area contributed by atoms with Gasteiger partial charge >= 0.3 is 0 Å². The van der Waals surface area contributed by atoms with Crippen molar-refractivity contribution in [3.8, 4) is 6.07 Å². The van der Waals surface area contributed by atoms with Crippen LogP contribution in [0, 0.1) is 17.2 Å². The second-order valence-electron chi connectivity index (χ2n) is 8.14. The van der Waals surface area contributed by atoms with E-state index in [1.807, 2.05) is 30.3 Å². The lowest BCUT2D eigenvalue weighted by Crippen LogP contribution is -2.39. The van der Waals surface area contributed by atoms with Crippen molar-refractivity contribution < 1.29 is 4.79 Å². The van der Waals surface area contributed by atoms with E-state index in [1.54, 1.807) is 17.0 Å². The largest absolute Gasteiger partial charge is 0.373 e. The van der Waals surface area contributed by atoms with Crippen LogP contribution in [0.2, 0.25) is 5.02 Å². The highest BCUT2D eigenvalue weighted by atomic mass is 35.5. The van der Waals surface area contributed by atoms with E-state index in [1.165, 1.54) is 0 Å². The van der Waals surface area contributed by atoms with E-state index < -0.39 is 0 Å². The normalized spacial score (nSPS) is 14.3. The third-order valence-electron chi connectivity index (χ3n) is 5.64. The third-order valence-corrected chi connectivity index (χ3v) is 5.88. The minimum absolute atomic E-state index is 0.100. The highest BCUT2D eigenvalue weighted by molar-refractivity contribution is 6.31.